The Morgan fingerprint density at radius 1 is 1.25 bits per heavy atom. The van der Waals surface area contributed by atoms with Crippen molar-refractivity contribution >= 4 is 5.69 Å². The molecule has 0 saturated heterocycles. The number of benzene rings is 1. The Balaban J connectivity index is 1.92. The lowest BCUT2D eigenvalue weighted by molar-refractivity contribution is 0.302. The van der Waals surface area contributed by atoms with E-state index in [0.29, 0.717) is 12.3 Å². The summed E-state index contributed by atoms with van der Waals surface area (Å²) in [5, 5.41) is 4.03. The number of likely N-dealkylation sites (N-methyl/N-ethyl adjacent to an activating group) is 1. The van der Waals surface area contributed by atoms with E-state index in [0.717, 1.165) is 43.1 Å². The first-order chi connectivity index (χ1) is 9.71. The Kier molecular flexibility index (Phi) is 5.12. The molecule has 0 atom stereocenters. The third-order valence-corrected chi connectivity index (χ3v) is 3.36. The van der Waals surface area contributed by atoms with Crippen molar-refractivity contribution < 1.29 is 4.52 Å². The topological polar surface area (TPSA) is 68.2 Å². The predicted octanol–water partition coefficient (Wildman–Crippen LogP) is 2.13. The molecular formula is C15H22N4O. The maximum absolute atomic E-state index is 5.76. The minimum atomic E-state index is 0.628. The molecule has 0 spiro atoms. The highest BCUT2D eigenvalue weighted by Gasteiger charge is 2.08. The molecule has 0 fully saturated rings. The van der Waals surface area contributed by atoms with Crippen LogP contribution < -0.4 is 5.73 Å². The Hall–Kier alpha value is -1.88. The van der Waals surface area contributed by atoms with Gasteiger partial charge in [-0.1, -0.05) is 31.1 Å². The molecule has 1 aromatic heterocycles. The molecule has 2 aromatic rings. The van der Waals surface area contributed by atoms with E-state index in [2.05, 4.69) is 28.9 Å². The van der Waals surface area contributed by atoms with Crippen LogP contribution in [-0.2, 0) is 12.8 Å². The van der Waals surface area contributed by atoms with Gasteiger partial charge in [0.2, 0.25) is 5.89 Å². The molecule has 20 heavy (non-hydrogen) atoms. The molecule has 0 unspecified atom stereocenters. The summed E-state index contributed by atoms with van der Waals surface area (Å²) in [6.07, 6.45) is 1.45. The van der Waals surface area contributed by atoms with Crippen molar-refractivity contribution in [3.05, 3.63) is 41.5 Å². The van der Waals surface area contributed by atoms with Gasteiger partial charge < -0.3 is 15.2 Å². The Bertz CT molecular complexity index is 534. The smallest absolute Gasteiger partial charge is 0.231 e. The third-order valence-electron chi connectivity index (χ3n) is 3.36. The monoisotopic (exact) mass is 274 g/mol. The van der Waals surface area contributed by atoms with Gasteiger partial charge in [0.15, 0.2) is 5.82 Å². The number of hydrogen-bond donors (Lipinski definition) is 1. The minimum absolute atomic E-state index is 0.628. The van der Waals surface area contributed by atoms with E-state index in [1.165, 1.54) is 0 Å². The van der Waals surface area contributed by atoms with Crippen molar-refractivity contribution in [1.29, 1.82) is 0 Å². The zero-order chi connectivity index (χ0) is 14.4. The van der Waals surface area contributed by atoms with E-state index >= 15 is 0 Å². The first kappa shape index (κ1) is 14.5. The Morgan fingerprint density at radius 2 is 2.05 bits per heavy atom. The van der Waals surface area contributed by atoms with Crippen LogP contribution in [0, 0.1) is 0 Å². The van der Waals surface area contributed by atoms with Gasteiger partial charge in [0, 0.05) is 18.7 Å². The molecule has 108 valence electrons. The molecular weight excluding hydrogens is 252 g/mol. The maximum Gasteiger partial charge on any atom is 0.231 e. The van der Waals surface area contributed by atoms with Crippen LogP contribution in [0.3, 0.4) is 0 Å². The summed E-state index contributed by atoms with van der Waals surface area (Å²) in [5.74, 6) is 1.42. The Morgan fingerprint density at radius 3 is 2.75 bits per heavy atom. The van der Waals surface area contributed by atoms with Crippen LogP contribution in [0.25, 0.3) is 0 Å². The lowest BCUT2D eigenvalue weighted by atomic mass is 10.1. The average Bonchev–Trinajstić information content (AvgIpc) is 2.87. The van der Waals surface area contributed by atoms with Gasteiger partial charge in [-0.2, -0.15) is 4.98 Å². The number of aromatic nitrogens is 2. The summed E-state index contributed by atoms with van der Waals surface area (Å²) in [4.78, 5) is 6.77. The fraction of sp³-hybridized carbons (Fsp3) is 0.467. The maximum atomic E-state index is 5.76. The SMILES string of the molecule is CCN(CC)CCc1noc(Cc2cccc(N)c2)n1. The molecule has 0 aliphatic carbocycles. The average molecular weight is 274 g/mol. The fourth-order valence-electron chi connectivity index (χ4n) is 2.14. The van der Waals surface area contributed by atoms with E-state index in [-0.39, 0.29) is 0 Å². The number of nitrogens with zero attached hydrogens (tertiary/aromatic N) is 3. The van der Waals surface area contributed by atoms with Gasteiger partial charge in [-0.05, 0) is 30.8 Å². The first-order valence-electron chi connectivity index (χ1n) is 7.09. The molecule has 0 aliphatic rings. The summed E-state index contributed by atoms with van der Waals surface area (Å²) in [5.41, 5.74) is 7.60. The molecule has 5 nitrogen and oxygen atoms in total. The van der Waals surface area contributed by atoms with Crippen molar-refractivity contribution in [2.45, 2.75) is 26.7 Å². The van der Waals surface area contributed by atoms with Crippen LogP contribution >= 0.6 is 0 Å². The van der Waals surface area contributed by atoms with E-state index in [4.69, 9.17) is 10.3 Å². The van der Waals surface area contributed by atoms with Crippen molar-refractivity contribution in [2.24, 2.45) is 0 Å². The van der Waals surface area contributed by atoms with Gasteiger partial charge in [0.1, 0.15) is 0 Å². The Labute approximate surface area is 119 Å². The number of hydrogen-bond acceptors (Lipinski definition) is 5. The van der Waals surface area contributed by atoms with Crippen LogP contribution in [0.5, 0.6) is 0 Å². The summed E-state index contributed by atoms with van der Waals surface area (Å²) in [6, 6.07) is 7.74. The number of nitrogen functional groups attached to an aromatic ring is 1. The van der Waals surface area contributed by atoms with Gasteiger partial charge in [-0.25, -0.2) is 0 Å². The molecule has 1 heterocycles. The molecule has 5 heteroatoms. The summed E-state index contributed by atoms with van der Waals surface area (Å²) in [7, 11) is 0. The highest BCUT2D eigenvalue weighted by Crippen LogP contribution is 2.11. The summed E-state index contributed by atoms with van der Waals surface area (Å²) >= 11 is 0. The number of anilines is 1. The van der Waals surface area contributed by atoms with Crippen LogP contribution in [0.4, 0.5) is 5.69 Å². The minimum Gasteiger partial charge on any atom is -0.399 e. The largest absolute Gasteiger partial charge is 0.399 e. The van der Waals surface area contributed by atoms with Crippen molar-refractivity contribution in [3.8, 4) is 0 Å². The molecule has 2 rings (SSSR count). The zero-order valence-corrected chi connectivity index (χ0v) is 12.2. The van der Waals surface area contributed by atoms with Gasteiger partial charge in [-0.15, -0.1) is 0 Å². The molecule has 0 saturated carbocycles. The first-order valence-corrected chi connectivity index (χ1v) is 7.09. The lowest BCUT2D eigenvalue weighted by Crippen LogP contribution is -2.25. The molecule has 0 amide bonds. The molecule has 0 aliphatic heterocycles. The normalized spacial score (nSPS) is 11.2. The highest BCUT2D eigenvalue weighted by atomic mass is 16.5. The fourth-order valence-corrected chi connectivity index (χ4v) is 2.14. The van der Waals surface area contributed by atoms with Crippen molar-refractivity contribution in [2.75, 3.05) is 25.4 Å². The second kappa shape index (κ2) is 7.05. The predicted molar refractivity (Wildman–Crippen MR) is 79.5 cm³/mol. The van der Waals surface area contributed by atoms with Gasteiger partial charge in [0.05, 0.1) is 6.42 Å². The lowest BCUT2D eigenvalue weighted by Gasteiger charge is -2.16. The zero-order valence-electron chi connectivity index (χ0n) is 12.2. The van der Waals surface area contributed by atoms with Crippen LogP contribution in [0.2, 0.25) is 0 Å². The molecule has 0 bridgehead atoms. The van der Waals surface area contributed by atoms with Gasteiger partial charge in [0.25, 0.3) is 0 Å². The summed E-state index contributed by atoms with van der Waals surface area (Å²) in [6.45, 7) is 7.37. The number of rotatable bonds is 7. The van der Waals surface area contributed by atoms with Crippen LogP contribution in [-0.4, -0.2) is 34.7 Å². The van der Waals surface area contributed by atoms with E-state index in [9.17, 15) is 0 Å². The molecule has 0 radical (unpaired) electrons. The van der Waals surface area contributed by atoms with E-state index < -0.39 is 0 Å². The molecule has 2 N–H and O–H groups in total. The van der Waals surface area contributed by atoms with Crippen LogP contribution in [0.1, 0.15) is 31.1 Å². The van der Waals surface area contributed by atoms with E-state index in [1.807, 2.05) is 24.3 Å². The summed E-state index contributed by atoms with van der Waals surface area (Å²) < 4.78 is 5.29. The van der Waals surface area contributed by atoms with Gasteiger partial charge in [-0.3, -0.25) is 0 Å². The second-order valence-electron chi connectivity index (χ2n) is 4.80. The van der Waals surface area contributed by atoms with E-state index in [1.54, 1.807) is 0 Å². The van der Waals surface area contributed by atoms with Crippen LogP contribution in [0.15, 0.2) is 28.8 Å². The van der Waals surface area contributed by atoms with Crippen molar-refractivity contribution in [3.63, 3.8) is 0 Å². The second-order valence-corrected chi connectivity index (χ2v) is 4.80. The highest BCUT2D eigenvalue weighted by molar-refractivity contribution is 5.41. The quantitative estimate of drug-likeness (QED) is 0.783. The van der Waals surface area contributed by atoms with Crippen molar-refractivity contribution in [1.82, 2.24) is 15.0 Å². The number of nitrogens with two attached hydrogens (primary N) is 1. The molecule has 1 aromatic carbocycles. The van der Waals surface area contributed by atoms with Gasteiger partial charge >= 0.3 is 0 Å². The third kappa shape index (κ3) is 4.06. The standard InChI is InChI=1S/C15H22N4O/c1-3-19(4-2)9-8-14-17-15(20-18-14)11-12-6-5-7-13(16)10-12/h5-7,10H,3-4,8-9,11,16H2,1-2H3.